The van der Waals surface area contributed by atoms with Gasteiger partial charge in [-0.05, 0) is 12.1 Å². The van der Waals surface area contributed by atoms with Crippen molar-refractivity contribution in [3.63, 3.8) is 0 Å². The lowest BCUT2D eigenvalue weighted by atomic mass is 10.1. The summed E-state index contributed by atoms with van der Waals surface area (Å²) in [5, 5.41) is 3.20. The molecule has 2 heterocycles. The van der Waals surface area contributed by atoms with Crippen molar-refractivity contribution in [2.75, 3.05) is 44.2 Å². The molecule has 0 unspecified atom stereocenters. The van der Waals surface area contributed by atoms with Crippen molar-refractivity contribution in [1.29, 1.82) is 0 Å². The van der Waals surface area contributed by atoms with E-state index in [1.54, 1.807) is 31.5 Å². The molecule has 1 aromatic carbocycles. The highest BCUT2D eigenvalue weighted by Crippen LogP contribution is 2.25. The first-order chi connectivity index (χ1) is 14.0. The number of nitrogens with zero attached hydrogens (tertiary/aromatic N) is 4. The zero-order valence-electron chi connectivity index (χ0n) is 16.0. The fourth-order valence-corrected chi connectivity index (χ4v) is 2.53. The maximum absolute atomic E-state index is 11.9. The largest absolute Gasteiger partial charge is 0.490 e. The molecule has 0 atom stereocenters. The van der Waals surface area contributed by atoms with Crippen LogP contribution in [0.2, 0.25) is 0 Å². The predicted molar refractivity (Wildman–Crippen MR) is 106 cm³/mol. The van der Waals surface area contributed by atoms with Crippen LogP contribution in [0.25, 0.3) is 11.2 Å². The van der Waals surface area contributed by atoms with Crippen molar-refractivity contribution >= 4 is 34.6 Å². The van der Waals surface area contributed by atoms with Crippen LogP contribution in [0.5, 0.6) is 5.75 Å². The molecule has 29 heavy (non-hydrogen) atoms. The summed E-state index contributed by atoms with van der Waals surface area (Å²) in [4.78, 5) is 28.5. The van der Waals surface area contributed by atoms with Gasteiger partial charge < -0.3 is 31.0 Å². The molecule has 0 aliphatic heterocycles. The van der Waals surface area contributed by atoms with Crippen LogP contribution >= 0.6 is 0 Å². The van der Waals surface area contributed by atoms with Crippen LogP contribution in [0, 0.1) is 0 Å². The van der Waals surface area contributed by atoms with E-state index < -0.39 is 5.97 Å². The minimum absolute atomic E-state index is 0.0434. The maximum atomic E-state index is 11.9. The standard InChI is InChI=1S/C18H21N7O4/c1-27-5-6-29-13-7-10(3-4-12(13)17(26)28-2)21-8-11-9-22-16-14(23-11)15(19)24-18(20)25-16/h3-4,7,9,21H,5-6,8H2,1-2H3,(H4,19,20,22,24,25). The molecule has 11 nitrogen and oxygen atoms in total. The van der Waals surface area contributed by atoms with Gasteiger partial charge in [0.05, 0.1) is 32.2 Å². The lowest BCUT2D eigenvalue weighted by Gasteiger charge is -2.13. The number of hydrogen-bond donors (Lipinski definition) is 3. The number of ether oxygens (including phenoxy) is 3. The molecule has 0 radical (unpaired) electrons. The van der Waals surface area contributed by atoms with Gasteiger partial charge in [0.15, 0.2) is 17.0 Å². The maximum Gasteiger partial charge on any atom is 0.341 e. The summed E-state index contributed by atoms with van der Waals surface area (Å²) in [5.41, 5.74) is 13.8. The van der Waals surface area contributed by atoms with E-state index in [4.69, 9.17) is 25.7 Å². The van der Waals surface area contributed by atoms with Gasteiger partial charge in [0.1, 0.15) is 17.9 Å². The van der Waals surface area contributed by atoms with Crippen LogP contribution in [0.15, 0.2) is 24.4 Å². The molecule has 2 aromatic heterocycles. The second kappa shape index (κ2) is 8.97. The first kappa shape index (κ1) is 20.0. The van der Waals surface area contributed by atoms with Gasteiger partial charge in [-0.2, -0.15) is 9.97 Å². The molecule has 0 bridgehead atoms. The van der Waals surface area contributed by atoms with Crippen molar-refractivity contribution < 1.29 is 19.0 Å². The van der Waals surface area contributed by atoms with Crippen molar-refractivity contribution in [3.8, 4) is 5.75 Å². The third-order valence-corrected chi connectivity index (χ3v) is 3.91. The molecule has 5 N–H and O–H groups in total. The summed E-state index contributed by atoms with van der Waals surface area (Å²) >= 11 is 0. The van der Waals surface area contributed by atoms with Crippen LogP contribution in [0.4, 0.5) is 17.5 Å². The molecule has 0 saturated heterocycles. The average molecular weight is 399 g/mol. The second-order valence-corrected chi connectivity index (χ2v) is 5.90. The number of nitrogen functional groups attached to an aromatic ring is 2. The van der Waals surface area contributed by atoms with Crippen LogP contribution in [-0.4, -0.2) is 53.3 Å². The van der Waals surface area contributed by atoms with Crippen molar-refractivity contribution in [3.05, 3.63) is 35.7 Å². The highest BCUT2D eigenvalue weighted by Gasteiger charge is 2.14. The Labute approximate surface area is 166 Å². The fourth-order valence-electron chi connectivity index (χ4n) is 2.53. The molecule has 0 fully saturated rings. The van der Waals surface area contributed by atoms with Gasteiger partial charge >= 0.3 is 5.97 Å². The number of benzene rings is 1. The van der Waals surface area contributed by atoms with Gasteiger partial charge in [0, 0.05) is 18.9 Å². The number of nitrogens with two attached hydrogens (primary N) is 2. The minimum Gasteiger partial charge on any atom is -0.490 e. The van der Waals surface area contributed by atoms with Crippen molar-refractivity contribution in [2.24, 2.45) is 0 Å². The molecule has 152 valence electrons. The van der Waals surface area contributed by atoms with E-state index in [-0.39, 0.29) is 11.8 Å². The quantitative estimate of drug-likeness (QED) is 0.366. The summed E-state index contributed by atoms with van der Waals surface area (Å²) in [6.45, 7) is 1.03. The van der Waals surface area contributed by atoms with Crippen LogP contribution in [0.3, 0.4) is 0 Å². The number of rotatable bonds is 8. The van der Waals surface area contributed by atoms with Crippen LogP contribution < -0.4 is 21.5 Å². The Bertz CT molecular complexity index is 1030. The number of carbonyl (C=O) groups excluding carboxylic acids is 1. The molecule has 3 aromatic rings. The topological polar surface area (TPSA) is 160 Å². The molecule has 0 saturated carbocycles. The van der Waals surface area contributed by atoms with E-state index in [0.717, 1.165) is 0 Å². The Morgan fingerprint density at radius 2 is 1.97 bits per heavy atom. The summed E-state index contributed by atoms with van der Waals surface area (Å²) in [6.07, 6.45) is 1.57. The number of fused-ring (bicyclic) bond motifs is 1. The fraction of sp³-hybridized carbons (Fsp3) is 0.278. The lowest BCUT2D eigenvalue weighted by Crippen LogP contribution is -2.10. The highest BCUT2D eigenvalue weighted by molar-refractivity contribution is 5.93. The summed E-state index contributed by atoms with van der Waals surface area (Å²) in [7, 11) is 2.88. The smallest absolute Gasteiger partial charge is 0.341 e. The SMILES string of the molecule is COCCOc1cc(NCc2cnc3nc(N)nc(N)c3n2)ccc1C(=O)OC. The van der Waals surface area contributed by atoms with E-state index in [1.807, 2.05) is 0 Å². The summed E-state index contributed by atoms with van der Waals surface area (Å²) in [5.74, 6) is 0.107. The van der Waals surface area contributed by atoms with Crippen LogP contribution in [0.1, 0.15) is 16.1 Å². The predicted octanol–water partition coefficient (Wildman–Crippen LogP) is 1.01. The highest BCUT2D eigenvalue weighted by atomic mass is 16.5. The van der Waals surface area contributed by atoms with Crippen LogP contribution in [-0.2, 0) is 16.0 Å². The molecular formula is C18H21N7O4. The molecule has 0 spiro atoms. The van der Waals surface area contributed by atoms with Gasteiger partial charge in [-0.25, -0.2) is 14.8 Å². The van der Waals surface area contributed by atoms with E-state index >= 15 is 0 Å². The zero-order valence-corrected chi connectivity index (χ0v) is 16.0. The van der Waals surface area contributed by atoms with E-state index in [9.17, 15) is 4.79 Å². The van der Waals surface area contributed by atoms with Gasteiger partial charge in [0.2, 0.25) is 5.95 Å². The number of carbonyl (C=O) groups is 1. The number of aromatic nitrogens is 4. The van der Waals surface area contributed by atoms with E-state index in [2.05, 4.69) is 25.3 Å². The Hall–Kier alpha value is -3.73. The number of nitrogens with one attached hydrogen (secondary N) is 1. The molecule has 11 heteroatoms. The number of methoxy groups -OCH3 is 2. The third-order valence-electron chi connectivity index (χ3n) is 3.91. The zero-order chi connectivity index (χ0) is 20.8. The Morgan fingerprint density at radius 3 is 2.72 bits per heavy atom. The minimum atomic E-state index is -0.487. The average Bonchev–Trinajstić information content (AvgIpc) is 2.72. The summed E-state index contributed by atoms with van der Waals surface area (Å²) in [6, 6.07) is 5.06. The lowest BCUT2D eigenvalue weighted by molar-refractivity contribution is 0.0594. The van der Waals surface area contributed by atoms with Gasteiger partial charge in [-0.15, -0.1) is 0 Å². The van der Waals surface area contributed by atoms with Crippen molar-refractivity contribution in [1.82, 2.24) is 19.9 Å². The second-order valence-electron chi connectivity index (χ2n) is 5.90. The van der Waals surface area contributed by atoms with E-state index in [1.165, 1.54) is 7.11 Å². The van der Waals surface area contributed by atoms with Gasteiger partial charge in [0.25, 0.3) is 0 Å². The Morgan fingerprint density at radius 1 is 1.14 bits per heavy atom. The monoisotopic (exact) mass is 399 g/mol. The molecule has 0 aliphatic rings. The third kappa shape index (κ3) is 4.76. The first-order valence-electron chi connectivity index (χ1n) is 8.64. The van der Waals surface area contributed by atoms with Crippen molar-refractivity contribution in [2.45, 2.75) is 6.54 Å². The molecule has 0 aliphatic carbocycles. The molecule has 0 amide bonds. The molecule has 3 rings (SSSR count). The normalized spacial score (nSPS) is 10.7. The van der Waals surface area contributed by atoms with Gasteiger partial charge in [-0.3, -0.25) is 0 Å². The number of esters is 1. The molecular weight excluding hydrogens is 378 g/mol. The summed E-state index contributed by atoms with van der Waals surface area (Å²) < 4.78 is 15.4. The number of hydrogen-bond acceptors (Lipinski definition) is 11. The van der Waals surface area contributed by atoms with E-state index in [0.29, 0.717) is 53.6 Å². The first-order valence-corrected chi connectivity index (χ1v) is 8.64. The Balaban J connectivity index is 1.78. The van der Waals surface area contributed by atoms with Gasteiger partial charge in [-0.1, -0.05) is 0 Å². The number of anilines is 3. The Kier molecular flexibility index (Phi) is 6.19.